The van der Waals surface area contributed by atoms with E-state index >= 15 is 0 Å². The third-order valence-corrected chi connectivity index (χ3v) is 3.47. The molecule has 1 unspecified atom stereocenters. The number of rotatable bonds is 4. The second kappa shape index (κ2) is 4.59. The molecule has 0 bridgehead atoms. The summed E-state index contributed by atoms with van der Waals surface area (Å²) in [5.74, 6) is 0. The summed E-state index contributed by atoms with van der Waals surface area (Å²) in [7, 11) is 1.92. The molecule has 0 radical (unpaired) electrons. The lowest BCUT2D eigenvalue weighted by Gasteiger charge is -2.33. The first-order valence-corrected chi connectivity index (χ1v) is 6.07. The number of hydrogen-bond donors (Lipinski definition) is 4. The Morgan fingerprint density at radius 1 is 1.33 bits per heavy atom. The minimum absolute atomic E-state index is 0.0565. The summed E-state index contributed by atoms with van der Waals surface area (Å²) in [5, 5.41) is 3.30. The first-order valence-electron chi connectivity index (χ1n) is 6.07. The molecule has 1 aromatic heterocycles. The molecule has 5 N–H and O–H groups in total. The highest BCUT2D eigenvalue weighted by atomic mass is 16.1. The number of aromatic amines is 2. The molecule has 18 heavy (non-hydrogen) atoms. The van der Waals surface area contributed by atoms with Gasteiger partial charge in [0, 0.05) is 6.04 Å². The Kier molecular flexibility index (Phi) is 3.28. The topological polar surface area (TPSA) is 86.7 Å². The molecule has 1 aromatic carbocycles. The van der Waals surface area contributed by atoms with E-state index in [1.165, 1.54) is 0 Å². The maximum Gasteiger partial charge on any atom is 0.323 e. The third-order valence-electron chi connectivity index (χ3n) is 3.47. The van der Waals surface area contributed by atoms with E-state index in [-0.39, 0.29) is 17.1 Å². The molecule has 1 heterocycles. The van der Waals surface area contributed by atoms with Crippen LogP contribution in [-0.2, 0) is 0 Å². The van der Waals surface area contributed by atoms with Gasteiger partial charge in [-0.25, -0.2) is 4.79 Å². The third kappa shape index (κ3) is 2.19. The van der Waals surface area contributed by atoms with Crippen molar-refractivity contribution in [1.29, 1.82) is 0 Å². The van der Waals surface area contributed by atoms with Crippen LogP contribution in [0.1, 0.15) is 25.5 Å². The van der Waals surface area contributed by atoms with Crippen LogP contribution in [0.4, 0.5) is 0 Å². The number of fused-ring (bicyclic) bond motifs is 1. The summed E-state index contributed by atoms with van der Waals surface area (Å²) >= 11 is 0. The first-order chi connectivity index (χ1) is 8.47. The molecule has 0 spiro atoms. The van der Waals surface area contributed by atoms with Crippen LogP contribution in [0.2, 0.25) is 0 Å². The van der Waals surface area contributed by atoms with Crippen LogP contribution >= 0.6 is 0 Å². The van der Waals surface area contributed by atoms with Gasteiger partial charge in [0.1, 0.15) is 0 Å². The van der Waals surface area contributed by atoms with Crippen molar-refractivity contribution in [2.24, 2.45) is 11.1 Å². The summed E-state index contributed by atoms with van der Waals surface area (Å²) in [6.07, 6.45) is 0. The molecule has 0 aliphatic rings. The largest absolute Gasteiger partial charge is 0.330 e. The monoisotopic (exact) mass is 248 g/mol. The lowest BCUT2D eigenvalue weighted by Crippen LogP contribution is -2.37. The zero-order valence-electron chi connectivity index (χ0n) is 11.0. The molecule has 0 amide bonds. The van der Waals surface area contributed by atoms with Gasteiger partial charge in [0.05, 0.1) is 11.0 Å². The molecular weight excluding hydrogens is 228 g/mol. The molecule has 0 fully saturated rings. The standard InChI is InChI=1S/C13H20N4O/c1-13(2,7-14)11(15-3)8-4-5-9-10(6-8)17-12(18)16-9/h4-6,11,15H,7,14H2,1-3H3,(H2,16,17,18). The fourth-order valence-corrected chi connectivity index (χ4v) is 2.36. The minimum Gasteiger partial charge on any atom is -0.330 e. The Morgan fingerprint density at radius 2 is 2.00 bits per heavy atom. The molecule has 2 aromatic rings. The Morgan fingerprint density at radius 3 is 2.61 bits per heavy atom. The van der Waals surface area contributed by atoms with Crippen LogP contribution in [-0.4, -0.2) is 23.6 Å². The van der Waals surface area contributed by atoms with E-state index in [1.807, 2.05) is 25.2 Å². The molecule has 5 heteroatoms. The van der Waals surface area contributed by atoms with Gasteiger partial charge in [-0.15, -0.1) is 0 Å². The van der Waals surface area contributed by atoms with Gasteiger partial charge in [-0.1, -0.05) is 19.9 Å². The SMILES string of the molecule is CNC(c1ccc2[nH]c(=O)[nH]c2c1)C(C)(C)CN. The van der Waals surface area contributed by atoms with E-state index in [4.69, 9.17) is 5.73 Å². The first kappa shape index (κ1) is 12.9. The van der Waals surface area contributed by atoms with Gasteiger partial charge in [0.15, 0.2) is 0 Å². The van der Waals surface area contributed by atoms with Crippen molar-refractivity contribution in [2.45, 2.75) is 19.9 Å². The molecule has 5 nitrogen and oxygen atoms in total. The number of imidazole rings is 1. The Balaban J connectivity index is 2.48. The number of benzene rings is 1. The average molecular weight is 248 g/mol. The van der Waals surface area contributed by atoms with Crippen molar-refractivity contribution in [1.82, 2.24) is 15.3 Å². The summed E-state index contributed by atoms with van der Waals surface area (Å²) in [5.41, 5.74) is 8.37. The highest BCUT2D eigenvalue weighted by Gasteiger charge is 2.28. The number of H-pyrrole nitrogens is 2. The van der Waals surface area contributed by atoms with Crippen molar-refractivity contribution in [3.05, 3.63) is 34.2 Å². The van der Waals surface area contributed by atoms with Crippen molar-refractivity contribution < 1.29 is 0 Å². The molecule has 0 aliphatic carbocycles. The van der Waals surface area contributed by atoms with E-state index in [0.717, 1.165) is 16.6 Å². The second-order valence-electron chi connectivity index (χ2n) is 5.30. The van der Waals surface area contributed by atoms with E-state index < -0.39 is 0 Å². The zero-order valence-corrected chi connectivity index (χ0v) is 11.0. The van der Waals surface area contributed by atoms with Crippen LogP contribution in [0.15, 0.2) is 23.0 Å². The van der Waals surface area contributed by atoms with Gasteiger partial charge in [-0.05, 0) is 36.7 Å². The number of nitrogens with one attached hydrogen (secondary N) is 3. The molecule has 1 atom stereocenters. The van der Waals surface area contributed by atoms with E-state index in [0.29, 0.717) is 6.54 Å². The van der Waals surface area contributed by atoms with Crippen molar-refractivity contribution in [3.63, 3.8) is 0 Å². The van der Waals surface area contributed by atoms with Crippen LogP contribution in [0, 0.1) is 5.41 Å². The molecule has 0 saturated carbocycles. The summed E-state index contributed by atoms with van der Waals surface area (Å²) in [4.78, 5) is 16.8. The van der Waals surface area contributed by atoms with Crippen molar-refractivity contribution in [3.8, 4) is 0 Å². The van der Waals surface area contributed by atoms with Crippen LogP contribution in [0.25, 0.3) is 11.0 Å². The van der Waals surface area contributed by atoms with Crippen LogP contribution in [0.3, 0.4) is 0 Å². The van der Waals surface area contributed by atoms with E-state index in [9.17, 15) is 4.79 Å². The summed E-state index contributed by atoms with van der Waals surface area (Å²) in [6, 6.07) is 6.07. The lowest BCUT2D eigenvalue weighted by atomic mass is 9.80. The van der Waals surface area contributed by atoms with Gasteiger partial charge in [-0.3, -0.25) is 0 Å². The van der Waals surface area contributed by atoms with Crippen molar-refractivity contribution >= 4 is 11.0 Å². The van der Waals surface area contributed by atoms with E-state index in [2.05, 4.69) is 29.1 Å². The predicted molar refractivity (Wildman–Crippen MR) is 73.6 cm³/mol. The minimum atomic E-state index is -0.179. The Hall–Kier alpha value is -1.59. The lowest BCUT2D eigenvalue weighted by molar-refractivity contribution is 0.266. The molecule has 0 saturated heterocycles. The van der Waals surface area contributed by atoms with Crippen LogP contribution < -0.4 is 16.7 Å². The number of nitrogens with two attached hydrogens (primary N) is 1. The van der Waals surface area contributed by atoms with Crippen molar-refractivity contribution in [2.75, 3.05) is 13.6 Å². The van der Waals surface area contributed by atoms with E-state index in [1.54, 1.807) is 0 Å². The quantitative estimate of drug-likeness (QED) is 0.653. The Bertz CT molecular complexity index is 596. The predicted octanol–water partition coefficient (Wildman–Crippen LogP) is 1.10. The number of hydrogen-bond acceptors (Lipinski definition) is 3. The molecule has 98 valence electrons. The van der Waals surface area contributed by atoms with Crippen LogP contribution in [0.5, 0.6) is 0 Å². The summed E-state index contributed by atoms with van der Waals surface area (Å²) < 4.78 is 0. The second-order valence-corrected chi connectivity index (χ2v) is 5.30. The normalized spacial score (nSPS) is 14.0. The molecular formula is C13H20N4O. The maximum atomic E-state index is 11.2. The van der Waals surface area contributed by atoms with Gasteiger partial charge in [0.2, 0.25) is 0 Å². The fourth-order valence-electron chi connectivity index (χ4n) is 2.36. The summed E-state index contributed by atoms with van der Waals surface area (Å²) in [6.45, 7) is 4.83. The van der Waals surface area contributed by atoms with Gasteiger partial charge >= 0.3 is 5.69 Å². The van der Waals surface area contributed by atoms with Gasteiger partial charge in [0.25, 0.3) is 0 Å². The average Bonchev–Trinajstić information content (AvgIpc) is 2.69. The zero-order chi connectivity index (χ0) is 13.3. The smallest absolute Gasteiger partial charge is 0.323 e. The Labute approximate surface area is 106 Å². The van der Waals surface area contributed by atoms with Gasteiger partial charge in [-0.2, -0.15) is 0 Å². The molecule has 0 aliphatic heterocycles. The van der Waals surface area contributed by atoms with Gasteiger partial charge < -0.3 is 21.0 Å². The number of aromatic nitrogens is 2. The highest BCUT2D eigenvalue weighted by molar-refractivity contribution is 5.75. The fraction of sp³-hybridized carbons (Fsp3) is 0.462. The molecule has 2 rings (SSSR count). The highest BCUT2D eigenvalue weighted by Crippen LogP contribution is 2.32. The maximum absolute atomic E-state index is 11.2.